The monoisotopic (exact) mass is 263 g/mol. The summed E-state index contributed by atoms with van der Waals surface area (Å²) in [5, 5.41) is 0. The van der Waals surface area contributed by atoms with Crippen LogP contribution in [0.4, 0.5) is 0 Å². The minimum absolute atomic E-state index is 0.161. The third-order valence-corrected chi connectivity index (χ3v) is 3.91. The molecule has 3 atom stereocenters. The molecule has 0 saturated heterocycles. The summed E-state index contributed by atoms with van der Waals surface area (Å²) in [4.78, 5) is 0. The van der Waals surface area contributed by atoms with E-state index in [1.54, 1.807) is 7.11 Å². The van der Waals surface area contributed by atoms with E-state index in [1.807, 2.05) is 12.1 Å². The second kappa shape index (κ2) is 6.92. The number of ether oxygens (including phenoxy) is 2. The van der Waals surface area contributed by atoms with Crippen molar-refractivity contribution >= 4 is 0 Å². The topological polar surface area (TPSA) is 44.5 Å². The van der Waals surface area contributed by atoms with Crippen LogP contribution in [0.5, 0.6) is 5.75 Å². The molecule has 0 spiro atoms. The highest BCUT2D eigenvalue weighted by atomic mass is 16.5. The molecule has 0 amide bonds. The lowest BCUT2D eigenvalue weighted by molar-refractivity contribution is 0.108. The minimum atomic E-state index is 0.161. The van der Waals surface area contributed by atoms with Gasteiger partial charge in [0.25, 0.3) is 0 Å². The summed E-state index contributed by atoms with van der Waals surface area (Å²) in [6.45, 7) is 3.03. The first kappa shape index (κ1) is 14.4. The van der Waals surface area contributed by atoms with Gasteiger partial charge in [0, 0.05) is 13.2 Å². The van der Waals surface area contributed by atoms with Crippen LogP contribution in [0, 0.1) is 5.92 Å². The van der Waals surface area contributed by atoms with E-state index >= 15 is 0 Å². The van der Waals surface area contributed by atoms with Gasteiger partial charge in [-0.25, -0.2) is 0 Å². The summed E-state index contributed by atoms with van der Waals surface area (Å²) in [6, 6.07) is 8.45. The highest BCUT2D eigenvalue weighted by molar-refractivity contribution is 5.27. The number of hydrogen-bond acceptors (Lipinski definition) is 3. The molecule has 0 heterocycles. The second-order valence-corrected chi connectivity index (χ2v) is 5.63. The van der Waals surface area contributed by atoms with E-state index in [4.69, 9.17) is 15.2 Å². The van der Waals surface area contributed by atoms with E-state index in [0.29, 0.717) is 5.92 Å². The first-order chi connectivity index (χ1) is 9.19. The smallest absolute Gasteiger partial charge is 0.119 e. The van der Waals surface area contributed by atoms with E-state index in [1.165, 1.54) is 12.0 Å². The molecule has 3 nitrogen and oxygen atoms in total. The molecule has 1 saturated carbocycles. The summed E-state index contributed by atoms with van der Waals surface area (Å²) in [5.41, 5.74) is 7.42. The highest BCUT2D eigenvalue weighted by Gasteiger charge is 2.27. The summed E-state index contributed by atoms with van der Waals surface area (Å²) in [6.07, 6.45) is 4.45. The Labute approximate surface area is 116 Å². The Hall–Kier alpha value is -1.06. The Kier molecular flexibility index (Phi) is 5.23. The zero-order valence-electron chi connectivity index (χ0n) is 12.0. The van der Waals surface area contributed by atoms with Crippen molar-refractivity contribution in [2.45, 2.75) is 44.8 Å². The molecule has 106 valence electrons. The van der Waals surface area contributed by atoms with Crippen LogP contribution in [0.3, 0.4) is 0 Å². The van der Waals surface area contributed by atoms with Crippen molar-refractivity contribution in [3.8, 4) is 5.75 Å². The van der Waals surface area contributed by atoms with Gasteiger partial charge in [0.05, 0.1) is 6.61 Å². The number of methoxy groups -OCH3 is 1. The van der Waals surface area contributed by atoms with Gasteiger partial charge >= 0.3 is 0 Å². The van der Waals surface area contributed by atoms with Crippen LogP contribution in [0.25, 0.3) is 0 Å². The lowest BCUT2D eigenvalue weighted by Crippen LogP contribution is -2.43. The summed E-state index contributed by atoms with van der Waals surface area (Å²) < 4.78 is 11.1. The van der Waals surface area contributed by atoms with Gasteiger partial charge < -0.3 is 15.2 Å². The Morgan fingerprint density at radius 3 is 2.63 bits per heavy atom. The van der Waals surface area contributed by atoms with Gasteiger partial charge in [-0.05, 0) is 49.3 Å². The van der Waals surface area contributed by atoms with Crippen molar-refractivity contribution in [2.24, 2.45) is 11.7 Å². The van der Waals surface area contributed by atoms with Crippen LogP contribution >= 0.6 is 0 Å². The fourth-order valence-corrected chi connectivity index (χ4v) is 2.62. The number of benzene rings is 1. The average Bonchev–Trinajstić information content (AvgIpc) is 2.42. The van der Waals surface area contributed by atoms with E-state index in [9.17, 15) is 0 Å². The minimum Gasteiger partial charge on any atom is -0.489 e. The van der Waals surface area contributed by atoms with Crippen molar-refractivity contribution in [1.82, 2.24) is 0 Å². The molecule has 3 unspecified atom stereocenters. The third kappa shape index (κ3) is 4.22. The van der Waals surface area contributed by atoms with Gasteiger partial charge in [-0.1, -0.05) is 19.1 Å². The van der Waals surface area contributed by atoms with Gasteiger partial charge in [0.1, 0.15) is 11.9 Å². The SMILES string of the molecule is COCCc1ccc(OC2CC(C)CCC2N)cc1. The van der Waals surface area contributed by atoms with Crippen LogP contribution in [-0.4, -0.2) is 25.9 Å². The van der Waals surface area contributed by atoms with Crippen LogP contribution in [0.1, 0.15) is 31.7 Å². The van der Waals surface area contributed by atoms with E-state index < -0.39 is 0 Å². The van der Waals surface area contributed by atoms with Gasteiger partial charge in [0.15, 0.2) is 0 Å². The fraction of sp³-hybridized carbons (Fsp3) is 0.625. The van der Waals surface area contributed by atoms with Gasteiger partial charge in [-0.2, -0.15) is 0 Å². The van der Waals surface area contributed by atoms with E-state index in [0.717, 1.165) is 31.6 Å². The van der Waals surface area contributed by atoms with Crippen molar-refractivity contribution in [3.63, 3.8) is 0 Å². The molecule has 1 aliphatic rings. The second-order valence-electron chi connectivity index (χ2n) is 5.63. The lowest BCUT2D eigenvalue weighted by atomic mass is 9.85. The first-order valence-electron chi connectivity index (χ1n) is 7.19. The Morgan fingerprint density at radius 2 is 1.95 bits per heavy atom. The Bertz CT molecular complexity index is 377. The zero-order valence-corrected chi connectivity index (χ0v) is 12.0. The molecule has 1 fully saturated rings. The van der Waals surface area contributed by atoms with Crippen LogP contribution in [0.2, 0.25) is 0 Å². The summed E-state index contributed by atoms with van der Waals surface area (Å²) >= 11 is 0. The molecule has 1 aromatic rings. The molecule has 0 aromatic heterocycles. The van der Waals surface area contributed by atoms with Crippen molar-refractivity contribution in [1.29, 1.82) is 0 Å². The molecule has 0 aliphatic heterocycles. The Balaban J connectivity index is 1.91. The maximum absolute atomic E-state index is 6.14. The normalized spacial score (nSPS) is 27.2. The zero-order chi connectivity index (χ0) is 13.7. The van der Waals surface area contributed by atoms with Crippen LogP contribution in [0.15, 0.2) is 24.3 Å². The van der Waals surface area contributed by atoms with Gasteiger partial charge in [-0.15, -0.1) is 0 Å². The quantitative estimate of drug-likeness (QED) is 0.888. The maximum Gasteiger partial charge on any atom is 0.119 e. The van der Waals surface area contributed by atoms with Crippen molar-refractivity contribution in [3.05, 3.63) is 29.8 Å². The molecule has 19 heavy (non-hydrogen) atoms. The van der Waals surface area contributed by atoms with Gasteiger partial charge in [-0.3, -0.25) is 0 Å². The van der Waals surface area contributed by atoms with Crippen molar-refractivity contribution in [2.75, 3.05) is 13.7 Å². The molecule has 0 bridgehead atoms. The highest BCUT2D eigenvalue weighted by Crippen LogP contribution is 2.27. The predicted octanol–water partition coefficient (Wildman–Crippen LogP) is 2.77. The Morgan fingerprint density at radius 1 is 1.21 bits per heavy atom. The van der Waals surface area contributed by atoms with E-state index in [2.05, 4.69) is 19.1 Å². The summed E-state index contributed by atoms with van der Waals surface area (Å²) in [7, 11) is 1.73. The number of hydrogen-bond donors (Lipinski definition) is 1. The van der Waals surface area contributed by atoms with E-state index in [-0.39, 0.29) is 12.1 Å². The fourth-order valence-electron chi connectivity index (χ4n) is 2.62. The molecule has 1 aromatic carbocycles. The summed E-state index contributed by atoms with van der Waals surface area (Å²) in [5.74, 6) is 1.64. The number of nitrogens with two attached hydrogens (primary N) is 1. The van der Waals surface area contributed by atoms with Crippen LogP contribution < -0.4 is 10.5 Å². The average molecular weight is 263 g/mol. The molecule has 2 N–H and O–H groups in total. The molecular weight excluding hydrogens is 238 g/mol. The van der Waals surface area contributed by atoms with Gasteiger partial charge in [0.2, 0.25) is 0 Å². The largest absolute Gasteiger partial charge is 0.489 e. The molecule has 3 heteroatoms. The maximum atomic E-state index is 6.14. The first-order valence-corrected chi connectivity index (χ1v) is 7.19. The lowest BCUT2D eigenvalue weighted by Gasteiger charge is -2.32. The van der Waals surface area contributed by atoms with Crippen molar-refractivity contribution < 1.29 is 9.47 Å². The predicted molar refractivity (Wildman–Crippen MR) is 77.4 cm³/mol. The standard InChI is InChI=1S/C16H25NO2/c1-12-3-8-15(17)16(11-12)19-14-6-4-13(5-7-14)9-10-18-2/h4-7,12,15-16H,3,8-11,17H2,1-2H3. The molecular formula is C16H25NO2. The molecule has 1 aliphatic carbocycles. The van der Waals surface area contributed by atoms with Crippen LogP contribution in [-0.2, 0) is 11.2 Å². The number of rotatable bonds is 5. The molecule has 0 radical (unpaired) electrons. The third-order valence-electron chi connectivity index (χ3n) is 3.91. The molecule has 2 rings (SSSR count).